The molecule has 3 heterocycles. The number of imidazole rings is 1. The first-order chi connectivity index (χ1) is 11.0. The van der Waals surface area contributed by atoms with Crippen LogP contribution < -0.4 is 0 Å². The SMILES string of the molecule is CN(C)C(=O)C1(n2ccnc2)CCN(Cc2cnn(C)c2)CC1. The fraction of sp³-hybridized carbons (Fsp3) is 0.562. The van der Waals surface area contributed by atoms with E-state index in [1.54, 1.807) is 17.4 Å². The Kier molecular flexibility index (Phi) is 4.21. The fourth-order valence-electron chi connectivity index (χ4n) is 3.40. The molecule has 7 heteroatoms. The van der Waals surface area contributed by atoms with E-state index in [-0.39, 0.29) is 5.91 Å². The van der Waals surface area contributed by atoms with Crippen LogP contribution in [0.15, 0.2) is 31.1 Å². The van der Waals surface area contributed by atoms with Gasteiger partial charge in [-0.2, -0.15) is 5.10 Å². The molecular weight excluding hydrogens is 292 g/mol. The number of hydrogen-bond acceptors (Lipinski definition) is 4. The molecule has 0 N–H and O–H groups in total. The van der Waals surface area contributed by atoms with E-state index in [2.05, 4.69) is 15.0 Å². The molecule has 0 saturated carbocycles. The monoisotopic (exact) mass is 316 g/mol. The number of likely N-dealkylation sites (N-methyl/N-ethyl adjacent to an activating group) is 1. The van der Waals surface area contributed by atoms with Crippen molar-refractivity contribution in [1.82, 2.24) is 29.1 Å². The molecule has 1 amide bonds. The molecule has 3 rings (SSSR count). The summed E-state index contributed by atoms with van der Waals surface area (Å²) in [5, 5.41) is 4.22. The number of hydrogen-bond donors (Lipinski definition) is 0. The molecule has 0 aliphatic carbocycles. The zero-order valence-electron chi connectivity index (χ0n) is 14.0. The summed E-state index contributed by atoms with van der Waals surface area (Å²) in [6.07, 6.45) is 10.9. The summed E-state index contributed by atoms with van der Waals surface area (Å²) in [5.41, 5.74) is 0.701. The van der Waals surface area contributed by atoms with Gasteiger partial charge in [-0.3, -0.25) is 14.4 Å². The predicted octanol–water partition coefficient (Wildman–Crippen LogP) is 0.696. The minimum Gasteiger partial charge on any atom is -0.347 e. The Morgan fingerprint density at radius 3 is 2.61 bits per heavy atom. The lowest BCUT2D eigenvalue weighted by molar-refractivity contribution is -0.141. The molecule has 1 aliphatic rings. The molecule has 23 heavy (non-hydrogen) atoms. The summed E-state index contributed by atoms with van der Waals surface area (Å²) in [4.78, 5) is 21.0. The van der Waals surface area contributed by atoms with Gasteiger partial charge in [0.15, 0.2) is 0 Å². The first-order valence-electron chi connectivity index (χ1n) is 7.91. The maximum absolute atomic E-state index is 12.8. The number of piperidine rings is 1. The van der Waals surface area contributed by atoms with Crippen LogP contribution in [0.4, 0.5) is 0 Å². The largest absolute Gasteiger partial charge is 0.347 e. The van der Waals surface area contributed by atoms with Crippen molar-refractivity contribution < 1.29 is 4.79 Å². The van der Waals surface area contributed by atoms with Gasteiger partial charge in [-0.15, -0.1) is 0 Å². The third-order valence-corrected chi connectivity index (χ3v) is 4.65. The van der Waals surface area contributed by atoms with E-state index in [0.717, 1.165) is 32.5 Å². The number of amides is 1. The van der Waals surface area contributed by atoms with Crippen molar-refractivity contribution >= 4 is 5.91 Å². The number of nitrogens with zero attached hydrogens (tertiary/aromatic N) is 6. The van der Waals surface area contributed by atoms with Crippen molar-refractivity contribution in [2.24, 2.45) is 7.05 Å². The average Bonchev–Trinajstić information content (AvgIpc) is 3.19. The van der Waals surface area contributed by atoms with Gasteiger partial charge < -0.3 is 9.47 Å². The average molecular weight is 316 g/mol. The van der Waals surface area contributed by atoms with Gasteiger partial charge in [0.05, 0.1) is 12.5 Å². The zero-order chi connectivity index (χ0) is 16.4. The summed E-state index contributed by atoms with van der Waals surface area (Å²) in [7, 11) is 5.57. The molecule has 0 unspecified atom stereocenters. The lowest BCUT2D eigenvalue weighted by Gasteiger charge is -2.42. The van der Waals surface area contributed by atoms with Crippen LogP contribution in [0.2, 0.25) is 0 Å². The minimum absolute atomic E-state index is 0.150. The maximum atomic E-state index is 12.8. The first-order valence-corrected chi connectivity index (χ1v) is 7.91. The van der Waals surface area contributed by atoms with Crippen LogP contribution in [0.5, 0.6) is 0 Å². The molecule has 0 atom stereocenters. The van der Waals surface area contributed by atoms with E-state index in [9.17, 15) is 4.79 Å². The topological polar surface area (TPSA) is 59.2 Å². The highest BCUT2D eigenvalue weighted by Crippen LogP contribution is 2.32. The summed E-state index contributed by atoms with van der Waals surface area (Å²) < 4.78 is 3.81. The number of carbonyl (C=O) groups is 1. The van der Waals surface area contributed by atoms with Crippen LogP contribution in [0.3, 0.4) is 0 Å². The quantitative estimate of drug-likeness (QED) is 0.833. The van der Waals surface area contributed by atoms with Gasteiger partial charge in [0.25, 0.3) is 0 Å². The molecule has 0 spiro atoms. The molecule has 1 fully saturated rings. The molecule has 2 aromatic heterocycles. The van der Waals surface area contributed by atoms with Gasteiger partial charge in [0.2, 0.25) is 5.91 Å². The summed E-state index contributed by atoms with van der Waals surface area (Å²) in [5.74, 6) is 0.150. The van der Waals surface area contributed by atoms with Crippen LogP contribution in [0, 0.1) is 0 Å². The van der Waals surface area contributed by atoms with Gasteiger partial charge >= 0.3 is 0 Å². The number of aryl methyl sites for hydroxylation is 1. The molecule has 0 bridgehead atoms. The highest BCUT2D eigenvalue weighted by atomic mass is 16.2. The number of likely N-dealkylation sites (tertiary alicyclic amines) is 1. The van der Waals surface area contributed by atoms with E-state index >= 15 is 0 Å². The molecule has 1 aliphatic heterocycles. The Bertz CT molecular complexity index is 652. The van der Waals surface area contributed by atoms with Crippen molar-refractivity contribution in [2.75, 3.05) is 27.2 Å². The van der Waals surface area contributed by atoms with Crippen LogP contribution in [-0.2, 0) is 23.9 Å². The van der Waals surface area contributed by atoms with Gasteiger partial charge in [-0.25, -0.2) is 4.98 Å². The van der Waals surface area contributed by atoms with E-state index in [4.69, 9.17) is 0 Å². The Labute approximate surface area is 136 Å². The number of rotatable bonds is 4. The van der Waals surface area contributed by atoms with Crippen molar-refractivity contribution in [3.63, 3.8) is 0 Å². The van der Waals surface area contributed by atoms with Crippen molar-refractivity contribution in [3.05, 3.63) is 36.7 Å². The van der Waals surface area contributed by atoms with Gasteiger partial charge in [-0.1, -0.05) is 0 Å². The predicted molar refractivity (Wildman–Crippen MR) is 86.6 cm³/mol. The van der Waals surface area contributed by atoms with E-state index < -0.39 is 5.54 Å². The molecule has 124 valence electrons. The Hall–Kier alpha value is -2.15. The lowest BCUT2D eigenvalue weighted by Crippen LogP contribution is -2.54. The van der Waals surface area contributed by atoms with Crippen molar-refractivity contribution in [3.8, 4) is 0 Å². The molecule has 1 saturated heterocycles. The smallest absolute Gasteiger partial charge is 0.248 e. The molecular formula is C16H24N6O. The number of carbonyl (C=O) groups excluding carboxylic acids is 1. The number of aromatic nitrogens is 4. The molecule has 0 aromatic carbocycles. The third kappa shape index (κ3) is 3.01. The van der Waals surface area contributed by atoms with E-state index in [0.29, 0.717) is 0 Å². The van der Waals surface area contributed by atoms with Crippen LogP contribution in [0.25, 0.3) is 0 Å². The minimum atomic E-state index is -0.508. The second-order valence-corrected chi connectivity index (χ2v) is 6.50. The maximum Gasteiger partial charge on any atom is 0.248 e. The van der Waals surface area contributed by atoms with Gasteiger partial charge in [0.1, 0.15) is 5.54 Å². The highest BCUT2D eigenvalue weighted by Gasteiger charge is 2.43. The highest BCUT2D eigenvalue weighted by molar-refractivity contribution is 5.84. The van der Waals surface area contributed by atoms with Gasteiger partial charge in [-0.05, 0) is 12.8 Å². The summed E-state index contributed by atoms with van der Waals surface area (Å²) in [6, 6.07) is 0. The van der Waals surface area contributed by atoms with Crippen LogP contribution in [0.1, 0.15) is 18.4 Å². The lowest BCUT2D eigenvalue weighted by atomic mass is 9.85. The fourth-order valence-corrected chi connectivity index (χ4v) is 3.40. The Balaban J connectivity index is 1.74. The van der Waals surface area contributed by atoms with E-state index in [1.807, 2.05) is 49.0 Å². The molecule has 2 aromatic rings. The van der Waals surface area contributed by atoms with Gasteiger partial charge in [0, 0.05) is 64.9 Å². The zero-order valence-corrected chi connectivity index (χ0v) is 14.0. The van der Waals surface area contributed by atoms with Crippen LogP contribution >= 0.6 is 0 Å². The van der Waals surface area contributed by atoms with E-state index in [1.165, 1.54) is 5.56 Å². The second kappa shape index (κ2) is 6.16. The first kappa shape index (κ1) is 15.7. The van der Waals surface area contributed by atoms with Crippen molar-refractivity contribution in [1.29, 1.82) is 0 Å². The summed E-state index contributed by atoms with van der Waals surface area (Å²) in [6.45, 7) is 2.64. The van der Waals surface area contributed by atoms with Crippen LogP contribution in [-0.4, -0.2) is 62.2 Å². The standard InChI is InChI=1S/C16H24N6O/c1-19(2)15(23)16(22-9-6-17-13-22)4-7-21(8-5-16)12-14-10-18-20(3)11-14/h6,9-11,13H,4-5,7-8,12H2,1-3H3. The second-order valence-electron chi connectivity index (χ2n) is 6.50. The Morgan fingerprint density at radius 1 is 1.35 bits per heavy atom. The normalized spacial score (nSPS) is 18.0. The van der Waals surface area contributed by atoms with Crippen molar-refractivity contribution in [2.45, 2.75) is 24.9 Å². The Morgan fingerprint density at radius 2 is 2.09 bits per heavy atom. The third-order valence-electron chi connectivity index (χ3n) is 4.65. The summed E-state index contributed by atoms with van der Waals surface area (Å²) >= 11 is 0. The molecule has 0 radical (unpaired) electrons. The molecule has 7 nitrogen and oxygen atoms in total.